The normalized spacial score (nSPS) is 10.9. The molecule has 5 aromatic rings. The van der Waals surface area contributed by atoms with Gasteiger partial charge in [0.05, 0.1) is 31.3 Å². The molecular formula is C28H25N3O2S. The molecule has 170 valence electrons. The Morgan fingerprint density at radius 2 is 1.32 bits per heavy atom. The molecule has 6 heteroatoms. The van der Waals surface area contributed by atoms with E-state index in [0.29, 0.717) is 0 Å². The quantitative estimate of drug-likeness (QED) is 0.271. The van der Waals surface area contributed by atoms with Crippen LogP contribution in [0.2, 0.25) is 0 Å². The van der Waals surface area contributed by atoms with Crippen molar-refractivity contribution in [2.45, 2.75) is 13.8 Å². The number of nitrogens with zero attached hydrogens (tertiary/aromatic N) is 3. The van der Waals surface area contributed by atoms with Crippen LogP contribution in [0.1, 0.15) is 10.4 Å². The van der Waals surface area contributed by atoms with E-state index in [4.69, 9.17) is 19.6 Å². The van der Waals surface area contributed by atoms with Crippen molar-refractivity contribution in [1.82, 2.24) is 14.8 Å². The predicted octanol–water partition coefficient (Wildman–Crippen LogP) is 6.96. The monoisotopic (exact) mass is 467 g/mol. The van der Waals surface area contributed by atoms with Gasteiger partial charge < -0.3 is 9.47 Å². The van der Waals surface area contributed by atoms with Crippen LogP contribution < -0.4 is 9.47 Å². The van der Waals surface area contributed by atoms with E-state index >= 15 is 0 Å². The van der Waals surface area contributed by atoms with Crippen LogP contribution in [0.15, 0.2) is 78.9 Å². The van der Waals surface area contributed by atoms with Gasteiger partial charge in [0.1, 0.15) is 11.5 Å². The van der Waals surface area contributed by atoms with E-state index in [0.717, 1.165) is 60.8 Å². The summed E-state index contributed by atoms with van der Waals surface area (Å²) in [5.74, 6) is 1.60. The molecular weight excluding hydrogens is 442 g/mol. The SMILES string of the molecule is COc1cccc(-c2nn(-c3nc(-c4ccccc4)c(C)s3)c(-c3cccc(OC)c3)c2C)c1. The summed E-state index contributed by atoms with van der Waals surface area (Å²) in [5.41, 5.74) is 7.05. The molecule has 2 aromatic heterocycles. The van der Waals surface area contributed by atoms with Crippen LogP contribution in [0.25, 0.3) is 38.9 Å². The number of hydrogen-bond donors (Lipinski definition) is 0. The van der Waals surface area contributed by atoms with Crippen LogP contribution >= 0.6 is 11.3 Å². The molecule has 0 radical (unpaired) electrons. The van der Waals surface area contributed by atoms with Crippen molar-refractivity contribution in [2.75, 3.05) is 14.2 Å². The van der Waals surface area contributed by atoms with E-state index in [9.17, 15) is 0 Å². The van der Waals surface area contributed by atoms with Crippen LogP contribution in [-0.2, 0) is 0 Å². The van der Waals surface area contributed by atoms with E-state index < -0.39 is 0 Å². The second-order valence-electron chi connectivity index (χ2n) is 7.97. The number of rotatable bonds is 6. The van der Waals surface area contributed by atoms with Crippen molar-refractivity contribution in [2.24, 2.45) is 0 Å². The summed E-state index contributed by atoms with van der Waals surface area (Å²) < 4.78 is 12.9. The highest BCUT2D eigenvalue weighted by Gasteiger charge is 2.22. The molecule has 0 amide bonds. The Hall–Kier alpha value is -3.90. The summed E-state index contributed by atoms with van der Waals surface area (Å²) in [6.45, 7) is 4.21. The molecule has 0 aliphatic rings. The summed E-state index contributed by atoms with van der Waals surface area (Å²) in [7, 11) is 3.36. The second kappa shape index (κ2) is 9.15. The molecule has 0 fully saturated rings. The van der Waals surface area contributed by atoms with Crippen LogP contribution in [0, 0.1) is 13.8 Å². The first-order chi connectivity index (χ1) is 16.6. The Labute approximate surface area is 203 Å². The molecule has 5 rings (SSSR count). The van der Waals surface area contributed by atoms with Crippen molar-refractivity contribution >= 4 is 11.3 Å². The lowest BCUT2D eigenvalue weighted by atomic mass is 10.0. The van der Waals surface area contributed by atoms with Crippen molar-refractivity contribution < 1.29 is 9.47 Å². The summed E-state index contributed by atoms with van der Waals surface area (Å²) in [6.07, 6.45) is 0. The molecule has 0 bridgehead atoms. The molecule has 0 N–H and O–H groups in total. The van der Waals surface area contributed by atoms with E-state index in [1.165, 1.54) is 0 Å². The Morgan fingerprint density at radius 1 is 0.706 bits per heavy atom. The van der Waals surface area contributed by atoms with Crippen LogP contribution in [0.5, 0.6) is 11.5 Å². The zero-order chi connectivity index (χ0) is 23.7. The molecule has 0 saturated heterocycles. The van der Waals surface area contributed by atoms with Crippen LogP contribution in [0.4, 0.5) is 0 Å². The summed E-state index contributed by atoms with van der Waals surface area (Å²) >= 11 is 1.64. The van der Waals surface area contributed by atoms with E-state index in [2.05, 4.69) is 38.1 Å². The number of aryl methyl sites for hydroxylation is 1. The number of hydrogen-bond acceptors (Lipinski definition) is 5. The average molecular weight is 468 g/mol. The number of ether oxygens (including phenoxy) is 2. The standard InChI is InChI=1S/C28H25N3O2S/c1-18-25(21-12-8-14-23(16-21)32-3)30-31(27(18)22-13-9-15-24(17-22)33-4)28-29-26(19(2)34-28)20-10-6-5-7-11-20/h5-17H,1-4H3. The maximum absolute atomic E-state index is 5.51. The molecule has 34 heavy (non-hydrogen) atoms. The minimum Gasteiger partial charge on any atom is -0.497 e. The fraction of sp³-hybridized carbons (Fsp3) is 0.143. The first-order valence-electron chi connectivity index (χ1n) is 11.0. The van der Waals surface area contributed by atoms with E-state index in [-0.39, 0.29) is 0 Å². The Balaban J connectivity index is 1.73. The minimum absolute atomic E-state index is 0.797. The highest BCUT2D eigenvalue weighted by molar-refractivity contribution is 7.14. The van der Waals surface area contributed by atoms with Crippen LogP contribution in [0.3, 0.4) is 0 Å². The first kappa shape index (κ1) is 21.9. The number of benzene rings is 3. The fourth-order valence-electron chi connectivity index (χ4n) is 4.13. The topological polar surface area (TPSA) is 49.2 Å². The number of thiazole rings is 1. The zero-order valence-electron chi connectivity index (χ0n) is 19.6. The molecule has 0 unspecified atom stereocenters. The van der Waals surface area contributed by atoms with E-state index in [1.54, 1.807) is 25.6 Å². The summed E-state index contributed by atoms with van der Waals surface area (Å²) in [6, 6.07) is 26.3. The first-order valence-corrected chi connectivity index (χ1v) is 11.8. The molecule has 0 saturated carbocycles. The minimum atomic E-state index is 0.797. The molecule has 0 aliphatic carbocycles. The highest BCUT2D eigenvalue weighted by atomic mass is 32.1. The Morgan fingerprint density at radius 3 is 2.00 bits per heavy atom. The largest absolute Gasteiger partial charge is 0.497 e. The van der Waals surface area contributed by atoms with Gasteiger partial charge in [-0.1, -0.05) is 65.9 Å². The second-order valence-corrected chi connectivity index (χ2v) is 9.15. The highest BCUT2D eigenvalue weighted by Crippen LogP contribution is 2.38. The third kappa shape index (κ3) is 3.97. The Kier molecular flexibility index (Phi) is 5.90. The molecule has 0 aliphatic heterocycles. The average Bonchev–Trinajstić information content (AvgIpc) is 3.44. The molecule has 3 aromatic carbocycles. The lowest BCUT2D eigenvalue weighted by Crippen LogP contribution is -1.99. The van der Waals surface area contributed by atoms with Crippen molar-refractivity contribution in [3.8, 4) is 50.4 Å². The van der Waals surface area contributed by atoms with Gasteiger partial charge in [0.2, 0.25) is 5.13 Å². The third-order valence-corrected chi connectivity index (χ3v) is 6.77. The summed E-state index contributed by atoms with van der Waals surface area (Å²) in [4.78, 5) is 6.17. The van der Waals surface area contributed by atoms with Gasteiger partial charge in [0.15, 0.2) is 0 Å². The van der Waals surface area contributed by atoms with Gasteiger partial charge in [-0.05, 0) is 38.1 Å². The predicted molar refractivity (Wildman–Crippen MR) is 138 cm³/mol. The third-order valence-electron chi connectivity index (χ3n) is 5.82. The molecule has 5 nitrogen and oxygen atoms in total. The van der Waals surface area contributed by atoms with Gasteiger partial charge in [0.25, 0.3) is 0 Å². The fourth-order valence-corrected chi connectivity index (χ4v) is 5.01. The Bertz CT molecular complexity index is 1450. The van der Waals surface area contributed by atoms with Crippen molar-refractivity contribution in [3.05, 3.63) is 89.3 Å². The van der Waals surface area contributed by atoms with Gasteiger partial charge in [-0.2, -0.15) is 5.10 Å². The molecule has 0 atom stereocenters. The number of methoxy groups -OCH3 is 2. The lowest BCUT2D eigenvalue weighted by Gasteiger charge is -2.08. The van der Waals surface area contributed by atoms with Gasteiger partial charge in [0, 0.05) is 27.1 Å². The van der Waals surface area contributed by atoms with E-state index in [1.807, 2.05) is 59.3 Å². The van der Waals surface area contributed by atoms with Gasteiger partial charge in [-0.15, -0.1) is 0 Å². The zero-order valence-corrected chi connectivity index (χ0v) is 20.4. The van der Waals surface area contributed by atoms with Crippen molar-refractivity contribution in [3.63, 3.8) is 0 Å². The van der Waals surface area contributed by atoms with Crippen LogP contribution in [-0.4, -0.2) is 29.0 Å². The molecule has 2 heterocycles. The van der Waals surface area contributed by atoms with Crippen molar-refractivity contribution in [1.29, 1.82) is 0 Å². The lowest BCUT2D eigenvalue weighted by molar-refractivity contribution is 0.415. The van der Waals surface area contributed by atoms with Gasteiger partial charge in [-0.25, -0.2) is 9.67 Å². The van der Waals surface area contributed by atoms with Gasteiger partial charge >= 0.3 is 0 Å². The number of aromatic nitrogens is 3. The van der Waals surface area contributed by atoms with Gasteiger partial charge in [-0.3, -0.25) is 0 Å². The summed E-state index contributed by atoms with van der Waals surface area (Å²) in [5, 5.41) is 5.90. The smallest absolute Gasteiger partial charge is 0.211 e. The molecule has 0 spiro atoms. The maximum atomic E-state index is 5.51. The maximum Gasteiger partial charge on any atom is 0.211 e.